The van der Waals surface area contributed by atoms with Crippen molar-refractivity contribution in [2.45, 2.75) is 31.0 Å². The Morgan fingerprint density at radius 1 is 1.50 bits per heavy atom. The number of aryl methyl sites for hydroxylation is 1. The summed E-state index contributed by atoms with van der Waals surface area (Å²) in [6.07, 6.45) is 2.31. The number of alkyl halides is 1. The molecule has 1 heterocycles. The van der Waals surface area contributed by atoms with Gasteiger partial charge in [0.2, 0.25) is 0 Å². The van der Waals surface area contributed by atoms with Gasteiger partial charge in [-0.1, -0.05) is 18.7 Å². The third-order valence-electron chi connectivity index (χ3n) is 1.95. The summed E-state index contributed by atoms with van der Waals surface area (Å²) in [4.78, 5) is 4.30. The highest BCUT2D eigenvalue weighted by molar-refractivity contribution is 8.00. The molecule has 2 nitrogen and oxygen atoms in total. The summed E-state index contributed by atoms with van der Waals surface area (Å²) in [5.41, 5.74) is 0. The number of hydrogen-bond acceptors (Lipinski definition) is 4. The summed E-state index contributed by atoms with van der Waals surface area (Å²) in [7, 11) is 0. The zero-order valence-corrected chi connectivity index (χ0v) is 10.9. The van der Waals surface area contributed by atoms with Gasteiger partial charge in [-0.2, -0.15) is 4.37 Å². The molecule has 80 valence electrons. The van der Waals surface area contributed by atoms with E-state index < -0.39 is 0 Å². The molecule has 5 heteroatoms. The maximum atomic E-state index is 5.67. The number of halogens is 1. The fourth-order valence-electron chi connectivity index (χ4n) is 1.01. The standard InChI is InChI=1S/C9H15ClN2S2/c1-7(3-5-10)4-6-13-9-11-8(2)12-14-9/h7H,3-6H2,1-2H3. The van der Waals surface area contributed by atoms with E-state index in [0.29, 0.717) is 5.92 Å². The number of thioether (sulfide) groups is 1. The molecule has 1 aromatic rings. The van der Waals surface area contributed by atoms with Crippen LogP contribution in [0.4, 0.5) is 0 Å². The van der Waals surface area contributed by atoms with Gasteiger partial charge in [-0.15, -0.1) is 11.6 Å². The Balaban J connectivity index is 2.15. The quantitative estimate of drug-likeness (QED) is 0.570. The van der Waals surface area contributed by atoms with Crippen LogP contribution < -0.4 is 0 Å². The Morgan fingerprint density at radius 3 is 2.86 bits per heavy atom. The maximum absolute atomic E-state index is 5.67. The number of nitrogens with zero attached hydrogens (tertiary/aromatic N) is 2. The van der Waals surface area contributed by atoms with Crippen LogP contribution in [0, 0.1) is 12.8 Å². The van der Waals surface area contributed by atoms with Gasteiger partial charge in [0.25, 0.3) is 0 Å². The fraction of sp³-hybridized carbons (Fsp3) is 0.778. The van der Waals surface area contributed by atoms with E-state index in [9.17, 15) is 0 Å². The van der Waals surface area contributed by atoms with Gasteiger partial charge in [0.1, 0.15) is 5.82 Å². The molecule has 0 bridgehead atoms. The highest BCUT2D eigenvalue weighted by Gasteiger charge is 2.04. The Labute approximate surface area is 98.6 Å². The molecule has 0 saturated carbocycles. The van der Waals surface area contributed by atoms with Gasteiger partial charge in [-0.3, -0.25) is 0 Å². The molecule has 0 saturated heterocycles. The third-order valence-corrected chi connectivity index (χ3v) is 4.12. The minimum Gasteiger partial charge on any atom is -0.213 e. The third kappa shape index (κ3) is 4.62. The van der Waals surface area contributed by atoms with E-state index in [1.54, 1.807) is 11.8 Å². The van der Waals surface area contributed by atoms with Crippen molar-refractivity contribution in [2.75, 3.05) is 11.6 Å². The summed E-state index contributed by atoms with van der Waals surface area (Å²) >= 11 is 8.96. The molecule has 14 heavy (non-hydrogen) atoms. The molecule has 0 aromatic carbocycles. The fourth-order valence-corrected chi connectivity index (χ4v) is 3.28. The highest BCUT2D eigenvalue weighted by atomic mass is 35.5. The van der Waals surface area contributed by atoms with Gasteiger partial charge in [0.15, 0.2) is 4.34 Å². The van der Waals surface area contributed by atoms with E-state index in [4.69, 9.17) is 11.6 Å². The van der Waals surface area contributed by atoms with Crippen LogP contribution in [-0.2, 0) is 0 Å². The molecule has 0 radical (unpaired) electrons. The minimum atomic E-state index is 0.717. The average Bonchev–Trinajstić information content (AvgIpc) is 2.52. The first kappa shape index (κ1) is 12.3. The van der Waals surface area contributed by atoms with Crippen molar-refractivity contribution in [2.24, 2.45) is 5.92 Å². The molecule has 0 N–H and O–H groups in total. The second-order valence-corrected chi connectivity index (χ2v) is 5.80. The van der Waals surface area contributed by atoms with Gasteiger partial charge >= 0.3 is 0 Å². The lowest BCUT2D eigenvalue weighted by molar-refractivity contribution is 0.552. The molecule has 0 amide bonds. The van der Waals surface area contributed by atoms with Crippen molar-refractivity contribution in [1.82, 2.24) is 9.36 Å². The SMILES string of the molecule is Cc1nsc(SCCC(C)CCCl)n1. The molecular formula is C9H15ClN2S2. The van der Waals surface area contributed by atoms with Gasteiger partial charge in [-0.05, 0) is 37.2 Å². The van der Waals surface area contributed by atoms with Crippen LogP contribution in [0.3, 0.4) is 0 Å². The van der Waals surface area contributed by atoms with Crippen molar-refractivity contribution in [3.8, 4) is 0 Å². The van der Waals surface area contributed by atoms with Crippen LogP contribution in [-0.4, -0.2) is 21.0 Å². The second-order valence-electron chi connectivity index (χ2n) is 3.33. The Kier molecular flexibility index (Phi) is 5.82. The normalized spacial score (nSPS) is 13.1. The molecule has 1 unspecified atom stereocenters. The zero-order chi connectivity index (χ0) is 10.4. The zero-order valence-electron chi connectivity index (χ0n) is 8.49. The largest absolute Gasteiger partial charge is 0.213 e. The van der Waals surface area contributed by atoms with Crippen LogP contribution in [0.25, 0.3) is 0 Å². The van der Waals surface area contributed by atoms with Crippen LogP contribution in [0.2, 0.25) is 0 Å². The van der Waals surface area contributed by atoms with Crippen molar-refractivity contribution >= 4 is 34.9 Å². The van der Waals surface area contributed by atoms with Gasteiger partial charge in [0.05, 0.1) is 0 Å². The summed E-state index contributed by atoms with van der Waals surface area (Å²) in [5.74, 6) is 3.48. The molecule has 0 fully saturated rings. The molecule has 1 rings (SSSR count). The molecule has 0 aliphatic rings. The minimum absolute atomic E-state index is 0.717. The Bertz CT molecular complexity index is 265. The lowest BCUT2D eigenvalue weighted by atomic mass is 10.1. The summed E-state index contributed by atoms with van der Waals surface area (Å²) in [6, 6.07) is 0. The monoisotopic (exact) mass is 250 g/mol. The van der Waals surface area contributed by atoms with Crippen LogP contribution in [0.1, 0.15) is 25.6 Å². The summed E-state index contributed by atoms with van der Waals surface area (Å²) in [5, 5.41) is 0. The van der Waals surface area contributed by atoms with Crippen LogP contribution >= 0.6 is 34.9 Å². The first-order chi connectivity index (χ1) is 6.72. The molecular weight excluding hydrogens is 236 g/mol. The van der Waals surface area contributed by atoms with Crippen molar-refractivity contribution < 1.29 is 0 Å². The lowest BCUT2D eigenvalue weighted by Gasteiger charge is -2.06. The first-order valence-corrected chi connectivity index (χ1v) is 7.00. The first-order valence-electron chi connectivity index (χ1n) is 4.71. The van der Waals surface area contributed by atoms with Crippen molar-refractivity contribution in [3.05, 3.63) is 5.82 Å². The predicted molar refractivity (Wildman–Crippen MR) is 64.5 cm³/mol. The topological polar surface area (TPSA) is 25.8 Å². The molecule has 1 aromatic heterocycles. The van der Waals surface area contributed by atoms with Crippen molar-refractivity contribution in [3.63, 3.8) is 0 Å². The van der Waals surface area contributed by atoms with Gasteiger partial charge in [0, 0.05) is 11.6 Å². The molecule has 0 aliphatic carbocycles. The van der Waals surface area contributed by atoms with Gasteiger partial charge in [-0.25, -0.2) is 4.98 Å². The highest BCUT2D eigenvalue weighted by Crippen LogP contribution is 2.22. The van der Waals surface area contributed by atoms with E-state index in [1.807, 2.05) is 6.92 Å². The van der Waals surface area contributed by atoms with E-state index in [1.165, 1.54) is 18.0 Å². The molecule has 0 spiro atoms. The number of aromatic nitrogens is 2. The summed E-state index contributed by atoms with van der Waals surface area (Å²) in [6.45, 7) is 4.17. The second kappa shape index (κ2) is 6.64. The van der Waals surface area contributed by atoms with E-state index >= 15 is 0 Å². The number of rotatable bonds is 6. The maximum Gasteiger partial charge on any atom is 0.170 e. The summed E-state index contributed by atoms with van der Waals surface area (Å²) < 4.78 is 5.22. The van der Waals surface area contributed by atoms with Gasteiger partial charge < -0.3 is 0 Å². The van der Waals surface area contributed by atoms with E-state index in [2.05, 4.69) is 16.3 Å². The average molecular weight is 251 g/mol. The number of hydrogen-bond donors (Lipinski definition) is 0. The van der Waals surface area contributed by atoms with Crippen LogP contribution in [0.5, 0.6) is 0 Å². The predicted octanol–water partition coefficient (Wildman–Crippen LogP) is 3.59. The lowest BCUT2D eigenvalue weighted by Crippen LogP contribution is -1.96. The van der Waals surface area contributed by atoms with Crippen LogP contribution in [0.15, 0.2) is 4.34 Å². The Morgan fingerprint density at radius 2 is 2.29 bits per heavy atom. The van der Waals surface area contributed by atoms with E-state index in [-0.39, 0.29) is 0 Å². The molecule has 0 aliphatic heterocycles. The Hall–Kier alpha value is 0.200. The van der Waals surface area contributed by atoms with E-state index in [0.717, 1.165) is 28.2 Å². The smallest absolute Gasteiger partial charge is 0.170 e. The molecule has 1 atom stereocenters. The van der Waals surface area contributed by atoms with Crippen molar-refractivity contribution in [1.29, 1.82) is 0 Å².